The van der Waals surface area contributed by atoms with Crippen LogP contribution in [0.2, 0.25) is 18.1 Å². The first-order valence-electron chi connectivity index (χ1n) is 8.72. The van der Waals surface area contributed by atoms with Gasteiger partial charge in [-0.2, -0.15) is 0 Å². The molecule has 0 spiro atoms. The third-order valence-electron chi connectivity index (χ3n) is 4.64. The third kappa shape index (κ3) is 7.34. The van der Waals surface area contributed by atoms with Gasteiger partial charge in [0.25, 0.3) is 0 Å². The van der Waals surface area contributed by atoms with Crippen LogP contribution in [0, 0.1) is 0 Å². The van der Waals surface area contributed by atoms with Gasteiger partial charge in [0.2, 0.25) is 9.84 Å². The molecule has 0 bridgehead atoms. The molecule has 0 aromatic heterocycles. The second kappa shape index (κ2) is 9.01. The first kappa shape index (κ1) is 21.9. The number of hydrogen-bond donors (Lipinski definition) is 0. The topological polar surface area (TPSA) is 52.6 Å². The Bertz CT molecular complexity index is 646. The molecule has 0 aliphatic rings. The Morgan fingerprint density at radius 2 is 1.76 bits per heavy atom. The summed E-state index contributed by atoms with van der Waals surface area (Å²) in [7, 11) is -5.14. The Morgan fingerprint density at radius 1 is 1.16 bits per heavy atom. The summed E-state index contributed by atoms with van der Waals surface area (Å²) in [5.41, 5.74) is 0. The van der Waals surface area contributed by atoms with Crippen molar-refractivity contribution < 1.29 is 17.6 Å². The van der Waals surface area contributed by atoms with Crippen molar-refractivity contribution in [2.24, 2.45) is 0 Å². The monoisotopic (exact) mass is 384 g/mol. The van der Waals surface area contributed by atoms with E-state index in [1.165, 1.54) is 6.26 Å². The zero-order chi connectivity index (χ0) is 19.1. The molecule has 0 saturated heterocycles. The summed E-state index contributed by atoms with van der Waals surface area (Å²) in [6.07, 6.45) is 2.95. The van der Waals surface area contributed by atoms with Crippen LogP contribution in [-0.4, -0.2) is 29.4 Å². The second-order valence-electron chi connectivity index (χ2n) is 7.83. The van der Waals surface area contributed by atoms with Gasteiger partial charge in [0, 0.05) is 6.61 Å². The van der Waals surface area contributed by atoms with Crippen LogP contribution in [0.5, 0.6) is 0 Å². The van der Waals surface area contributed by atoms with E-state index in [0.717, 1.165) is 24.9 Å². The van der Waals surface area contributed by atoms with Crippen molar-refractivity contribution in [3.05, 3.63) is 42.0 Å². The largest absolute Gasteiger partial charge is 0.498 e. The fourth-order valence-corrected chi connectivity index (χ4v) is 3.90. The van der Waals surface area contributed by atoms with Crippen LogP contribution < -0.4 is 0 Å². The van der Waals surface area contributed by atoms with Crippen molar-refractivity contribution in [3.8, 4) is 0 Å². The van der Waals surface area contributed by atoms with E-state index in [4.69, 9.17) is 9.16 Å². The van der Waals surface area contributed by atoms with Gasteiger partial charge in [0.05, 0.1) is 22.7 Å². The predicted molar refractivity (Wildman–Crippen MR) is 106 cm³/mol. The van der Waals surface area contributed by atoms with E-state index in [9.17, 15) is 8.42 Å². The van der Waals surface area contributed by atoms with E-state index in [-0.39, 0.29) is 16.0 Å². The minimum Gasteiger partial charge on any atom is -0.498 e. The highest BCUT2D eigenvalue weighted by Crippen LogP contribution is 2.36. The van der Waals surface area contributed by atoms with E-state index in [1.807, 2.05) is 6.92 Å². The van der Waals surface area contributed by atoms with Gasteiger partial charge < -0.3 is 9.16 Å². The van der Waals surface area contributed by atoms with Gasteiger partial charge in [-0.3, -0.25) is 0 Å². The summed E-state index contributed by atoms with van der Waals surface area (Å²) in [6, 6.07) is 8.33. The molecule has 0 saturated carbocycles. The van der Waals surface area contributed by atoms with E-state index in [0.29, 0.717) is 0 Å². The van der Waals surface area contributed by atoms with Crippen molar-refractivity contribution >= 4 is 18.2 Å². The normalized spacial score (nSPS) is 14.6. The van der Waals surface area contributed by atoms with E-state index >= 15 is 0 Å². The molecule has 0 N–H and O–H groups in total. The van der Waals surface area contributed by atoms with E-state index < -0.39 is 18.2 Å². The molecule has 142 valence electrons. The van der Waals surface area contributed by atoms with Crippen molar-refractivity contribution in [1.29, 1.82) is 0 Å². The number of sulfone groups is 1. The fraction of sp³-hybridized carbons (Fsp3) is 0.579. The second-order valence-corrected chi connectivity index (χ2v) is 14.5. The van der Waals surface area contributed by atoms with Crippen LogP contribution in [0.25, 0.3) is 0 Å². The van der Waals surface area contributed by atoms with E-state index in [1.54, 1.807) is 30.3 Å². The Kier molecular flexibility index (Phi) is 7.90. The molecule has 25 heavy (non-hydrogen) atoms. The van der Waals surface area contributed by atoms with Crippen molar-refractivity contribution in [3.63, 3.8) is 0 Å². The van der Waals surface area contributed by atoms with Gasteiger partial charge in [-0.1, -0.05) is 39.0 Å². The fourth-order valence-electron chi connectivity index (χ4n) is 1.91. The molecule has 6 heteroatoms. The average Bonchev–Trinajstić information content (AvgIpc) is 2.51. The van der Waals surface area contributed by atoms with Crippen LogP contribution in [0.15, 0.2) is 46.9 Å². The number of hydrogen-bond acceptors (Lipinski definition) is 4. The molecule has 1 atom stereocenters. The Labute approximate surface area is 154 Å². The lowest BCUT2D eigenvalue weighted by atomic mass is 10.2. The molecule has 1 aromatic rings. The maximum Gasteiger partial charge on any atom is 0.202 e. The van der Waals surface area contributed by atoms with E-state index in [2.05, 4.69) is 33.9 Å². The summed E-state index contributed by atoms with van der Waals surface area (Å²) in [5.74, 6) is 0. The lowest BCUT2D eigenvalue weighted by Crippen LogP contribution is -2.41. The summed E-state index contributed by atoms with van der Waals surface area (Å²) >= 11 is 0. The molecule has 4 nitrogen and oxygen atoms in total. The lowest BCUT2D eigenvalue weighted by Gasteiger charge is -2.36. The molecule has 0 radical (unpaired) electrons. The van der Waals surface area contributed by atoms with Crippen LogP contribution >= 0.6 is 0 Å². The first-order valence-corrected chi connectivity index (χ1v) is 13.2. The van der Waals surface area contributed by atoms with Gasteiger partial charge >= 0.3 is 0 Å². The zero-order valence-corrected chi connectivity index (χ0v) is 18.1. The SMILES string of the molecule is CC(CCCO[Si](C)(C)C(C)(C)C)O/C=C/S(=O)(=O)c1ccccc1. The molecule has 1 aromatic carbocycles. The van der Waals surface area contributed by atoms with Crippen molar-refractivity contribution in [2.45, 2.75) is 69.7 Å². The van der Waals surface area contributed by atoms with Gasteiger partial charge in [0.15, 0.2) is 8.32 Å². The summed E-state index contributed by atoms with van der Waals surface area (Å²) in [5, 5.41) is 1.33. The molecular formula is C19H32O4SSi. The Morgan fingerprint density at radius 3 is 2.32 bits per heavy atom. The molecule has 0 heterocycles. The molecule has 0 fully saturated rings. The Hall–Kier alpha value is -1.11. The highest BCUT2D eigenvalue weighted by atomic mass is 32.2. The third-order valence-corrected chi connectivity index (χ3v) is 10.6. The number of benzene rings is 1. The minimum absolute atomic E-state index is 0.0507. The quantitative estimate of drug-likeness (QED) is 0.336. The number of rotatable bonds is 9. The minimum atomic E-state index is -3.44. The van der Waals surface area contributed by atoms with Gasteiger partial charge in [-0.15, -0.1) is 0 Å². The van der Waals surface area contributed by atoms with Crippen molar-refractivity contribution in [2.75, 3.05) is 6.61 Å². The van der Waals surface area contributed by atoms with Crippen molar-refractivity contribution in [1.82, 2.24) is 0 Å². The Balaban J connectivity index is 2.37. The van der Waals surface area contributed by atoms with Gasteiger partial charge in [-0.25, -0.2) is 8.42 Å². The maximum absolute atomic E-state index is 12.1. The first-order chi connectivity index (χ1) is 11.5. The predicted octanol–water partition coefficient (Wildman–Crippen LogP) is 5.14. The molecule has 0 aliphatic carbocycles. The zero-order valence-electron chi connectivity index (χ0n) is 16.3. The molecule has 1 unspecified atom stereocenters. The smallest absolute Gasteiger partial charge is 0.202 e. The molecular weight excluding hydrogens is 352 g/mol. The van der Waals surface area contributed by atoms with Crippen LogP contribution in [0.4, 0.5) is 0 Å². The van der Waals surface area contributed by atoms with Crippen LogP contribution in [0.1, 0.15) is 40.5 Å². The highest BCUT2D eigenvalue weighted by molar-refractivity contribution is 7.94. The molecule has 0 amide bonds. The number of ether oxygens (including phenoxy) is 1. The van der Waals surface area contributed by atoms with Gasteiger partial charge in [-0.05, 0) is 50.0 Å². The molecule has 1 rings (SSSR count). The summed E-state index contributed by atoms with van der Waals surface area (Å²) in [6.45, 7) is 13.8. The summed E-state index contributed by atoms with van der Waals surface area (Å²) < 4.78 is 35.8. The molecule has 0 aliphatic heterocycles. The maximum atomic E-state index is 12.1. The highest BCUT2D eigenvalue weighted by Gasteiger charge is 2.36. The van der Waals surface area contributed by atoms with Crippen LogP contribution in [-0.2, 0) is 19.0 Å². The summed E-state index contributed by atoms with van der Waals surface area (Å²) in [4.78, 5) is 0.269. The lowest BCUT2D eigenvalue weighted by molar-refractivity contribution is 0.142. The van der Waals surface area contributed by atoms with Gasteiger partial charge in [0.1, 0.15) is 0 Å². The standard InChI is InChI=1S/C19H32O4SSi/c1-17(11-10-14-23-25(5,6)19(2,3)4)22-15-16-24(20,21)18-12-8-7-9-13-18/h7-9,12-13,15-17H,10-11,14H2,1-6H3/b16-15+. The average molecular weight is 385 g/mol. The van der Waals surface area contributed by atoms with Crippen LogP contribution in [0.3, 0.4) is 0 Å².